The van der Waals surface area contributed by atoms with Crippen LogP contribution in [-0.2, 0) is 9.53 Å². The number of benzene rings is 2. The highest BCUT2D eigenvalue weighted by atomic mass is 32.1. The lowest BCUT2D eigenvalue weighted by molar-refractivity contribution is -0.119. The molecule has 0 fully saturated rings. The third-order valence-corrected chi connectivity index (χ3v) is 6.69. The molecule has 2 amide bonds. The zero-order chi connectivity index (χ0) is 23.4. The molecule has 3 aromatic rings. The Bertz CT molecular complexity index is 1130. The van der Waals surface area contributed by atoms with Crippen molar-refractivity contribution < 1.29 is 23.8 Å². The van der Waals surface area contributed by atoms with E-state index in [0.717, 1.165) is 4.88 Å². The van der Waals surface area contributed by atoms with Gasteiger partial charge < -0.3 is 24.4 Å². The van der Waals surface area contributed by atoms with E-state index in [1.165, 1.54) is 11.3 Å². The molecule has 0 bridgehead atoms. The van der Waals surface area contributed by atoms with Crippen LogP contribution in [0.2, 0.25) is 0 Å². The van der Waals surface area contributed by atoms with Gasteiger partial charge in [-0.05, 0) is 35.2 Å². The summed E-state index contributed by atoms with van der Waals surface area (Å²) < 4.78 is 15.9. The van der Waals surface area contributed by atoms with Gasteiger partial charge in [0.2, 0.25) is 5.91 Å². The van der Waals surface area contributed by atoms with Gasteiger partial charge in [0, 0.05) is 35.8 Å². The Hall–Kier alpha value is -3.36. The van der Waals surface area contributed by atoms with E-state index in [4.69, 9.17) is 14.2 Å². The Morgan fingerprint density at radius 3 is 2.52 bits per heavy atom. The van der Waals surface area contributed by atoms with E-state index >= 15 is 0 Å². The van der Waals surface area contributed by atoms with Crippen LogP contribution in [0.25, 0.3) is 0 Å². The van der Waals surface area contributed by atoms with Crippen LogP contribution in [-0.4, -0.2) is 51.2 Å². The highest BCUT2D eigenvalue weighted by molar-refractivity contribution is 7.10. The molecule has 0 saturated carbocycles. The molecule has 0 unspecified atom stereocenters. The summed E-state index contributed by atoms with van der Waals surface area (Å²) in [6, 6.07) is 16.0. The number of hydrogen-bond donors (Lipinski definition) is 1. The number of nitrogens with one attached hydrogen (secondary N) is 1. The molecule has 1 N–H and O–H groups in total. The monoisotopic (exact) mass is 466 g/mol. The lowest BCUT2D eigenvalue weighted by Gasteiger charge is -2.41. The van der Waals surface area contributed by atoms with Crippen molar-refractivity contribution >= 4 is 28.8 Å². The minimum absolute atomic E-state index is 0.101. The SMILES string of the molecule is COCCN1C(=O)c2ccccc2[C@@H](C(=O)Nc2ccc(OC)c(OC)c2)[C@H]1c1cccs1. The van der Waals surface area contributed by atoms with E-state index in [0.29, 0.717) is 41.5 Å². The fourth-order valence-electron chi connectivity index (χ4n) is 4.22. The largest absolute Gasteiger partial charge is 0.493 e. The molecule has 0 spiro atoms. The van der Waals surface area contributed by atoms with Crippen LogP contribution in [0.3, 0.4) is 0 Å². The van der Waals surface area contributed by atoms with Crippen LogP contribution in [0.15, 0.2) is 60.0 Å². The summed E-state index contributed by atoms with van der Waals surface area (Å²) in [6.45, 7) is 0.756. The molecule has 4 rings (SSSR count). The number of carbonyl (C=O) groups is 2. The molecular formula is C25H26N2O5S. The van der Waals surface area contributed by atoms with E-state index in [1.807, 2.05) is 35.7 Å². The second-order valence-corrected chi connectivity index (χ2v) is 8.55. The summed E-state index contributed by atoms with van der Waals surface area (Å²) >= 11 is 1.53. The van der Waals surface area contributed by atoms with Crippen LogP contribution >= 0.6 is 11.3 Å². The Morgan fingerprint density at radius 2 is 1.82 bits per heavy atom. The highest BCUT2D eigenvalue weighted by Gasteiger charge is 2.44. The number of carbonyl (C=O) groups excluding carboxylic acids is 2. The van der Waals surface area contributed by atoms with Crippen molar-refractivity contribution in [3.05, 3.63) is 76.0 Å². The maximum absolute atomic E-state index is 13.8. The molecule has 2 atom stereocenters. The molecule has 172 valence electrons. The third-order valence-electron chi connectivity index (χ3n) is 5.74. The van der Waals surface area contributed by atoms with Crippen molar-refractivity contribution in [2.24, 2.45) is 0 Å². The molecule has 1 aromatic heterocycles. The Balaban J connectivity index is 1.76. The Morgan fingerprint density at radius 1 is 1.03 bits per heavy atom. The predicted octanol–water partition coefficient (Wildman–Crippen LogP) is 4.33. The van der Waals surface area contributed by atoms with Gasteiger partial charge in [0.1, 0.15) is 0 Å². The first-order chi connectivity index (χ1) is 16.1. The van der Waals surface area contributed by atoms with E-state index in [9.17, 15) is 9.59 Å². The van der Waals surface area contributed by atoms with Gasteiger partial charge in [-0.2, -0.15) is 0 Å². The zero-order valence-electron chi connectivity index (χ0n) is 18.7. The smallest absolute Gasteiger partial charge is 0.254 e. The lowest BCUT2D eigenvalue weighted by atomic mass is 9.81. The van der Waals surface area contributed by atoms with Crippen molar-refractivity contribution in [1.82, 2.24) is 4.90 Å². The summed E-state index contributed by atoms with van der Waals surface area (Å²) in [6.07, 6.45) is 0. The standard InChI is InChI=1S/C25H26N2O5S/c1-30-13-12-27-23(21-9-6-14-33-21)22(17-7-4-5-8-18(17)25(27)29)24(28)26-16-10-11-19(31-2)20(15-16)32-3/h4-11,14-15,22-23H,12-13H2,1-3H3,(H,26,28)/t22-,23-/m1/s1. The van der Waals surface area contributed by atoms with Crippen LogP contribution in [0, 0.1) is 0 Å². The molecule has 2 heterocycles. The molecule has 8 heteroatoms. The van der Waals surface area contributed by atoms with Gasteiger partial charge in [-0.3, -0.25) is 9.59 Å². The highest BCUT2D eigenvalue weighted by Crippen LogP contribution is 2.44. The normalized spacial score (nSPS) is 17.4. The number of fused-ring (bicyclic) bond motifs is 1. The fourth-order valence-corrected chi connectivity index (χ4v) is 5.09. The van der Waals surface area contributed by atoms with E-state index < -0.39 is 12.0 Å². The van der Waals surface area contributed by atoms with Crippen LogP contribution < -0.4 is 14.8 Å². The van der Waals surface area contributed by atoms with Crippen molar-refractivity contribution in [2.75, 3.05) is 39.8 Å². The van der Waals surface area contributed by atoms with Gasteiger partial charge in [0.05, 0.1) is 32.8 Å². The van der Waals surface area contributed by atoms with Gasteiger partial charge in [0.15, 0.2) is 11.5 Å². The first-order valence-corrected chi connectivity index (χ1v) is 11.4. The molecule has 0 radical (unpaired) electrons. The second kappa shape index (κ2) is 10.1. The second-order valence-electron chi connectivity index (χ2n) is 7.58. The summed E-state index contributed by atoms with van der Waals surface area (Å²) in [5, 5.41) is 4.98. The number of ether oxygens (including phenoxy) is 3. The molecule has 7 nitrogen and oxygen atoms in total. The number of methoxy groups -OCH3 is 3. The molecule has 1 aliphatic rings. The van der Waals surface area contributed by atoms with Gasteiger partial charge in [-0.15, -0.1) is 11.3 Å². The predicted molar refractivity (Wildman–Crippen MR) is 127 cm³/mol. The van der Waals surface area contributed by atoms with Crippen LogP contribution in [0.1, 0.15) is 32.8 Å². The zero-order valence-corrected chi connectivity index (χ0v) is 19.6. The van der Waals surface area contributed by atoms with Gasteiger partial charge in [-0.1, -0.05) is 24.3 Å². The maximum Gasteiger partial charge on any atom is 0.254 e. The molecule has 0 saturated heterocycles. The fraction of sp³-hybridized carbons (Fsp3) is 0.280. The summed E-state index contributed by atoms with van der Waals surface area (Å²) in [4.78, 5) is 29.9. The Kier molecular flexibility index (Phi) is 6.96. The van der Waals surface area contributed by atoms with Crippen molar-refractivity contribution in [1.29, 1.82) is 0 Å². The van der Waals surface area contributed by atoms with Gasteiger partial charge in [-0.25, -0.2) is 0 Å². The number of anilines is 1. The summed E-state index contributed by atoms with van der Waals surface area (Å²) in [5.74, 6) is 0.194. The van der Waals surface area contributed by atoms with Crippen LogP contribution in [0.5, 0.6) is 11.5 Å². The number of amides is 2. The van der Waals surface area contributed by atoms with Gasteiger partial charge in [0.25, 0.3) is 5.91 Å². The minimum atomic E-state index is -0.595. The van der Waals surface area contributed by atoms with Gasteiger partial charge >= 0.3 is 0 Å². The first-order valence-electron chi connectivity index (χ1n) is 10.5. The number of thiophene rings is 1. The lowest BCUT2D eigenvalue weighted by Crippen LogP contribution is -2.47. The molecule has 2 aromatic carbocycles. The molecular weight excluding hydrogens is 440 g/mol. The van der Waals surface area contributed by atoms with E-state index in [-0.39, 0.29) is 11.8 Å². The molecule has 1 aliphatic heterocycles. The summed E-state index contributed by atoms with van der Waals surface area (Å²) in [7, 11) is 4.71. The van der Waals surface area contributed by atoms with Crippen molar-refractivity contribution in [2.45, 2.75) is 12.0 Å². The molecule has 33 heavy (non-hydrogen) atoms. The average Bonchev–Trinajstić information content (AvgIpc) is 3.37. The van der Waals surface area contributed by atoms with E-state index in [2.05, 4.69) is 5.32 Å². The quantitative estimate of drug-likeness (QED) is 0.535. The minimum Gasteiger partial charge on any atom is -0.493 e. The molecule has 0 aliphatic carbocycles. The first kappa shape index (κ1) is 22.8. The van der Waals surface area contributed by atoms with E-state index in [1.54, 1.807) is 50.5 Å². The average molecular weight is 467 g/mol. The number of rotatable bonds is 8. The van der Waals surface area contributed by atoms with Crippen LogP contribution in [0.4, 0.5) is 5.69 Å². The van der Waals surface area contributed by atoms with Crippen molar-refractivity contribution in [3.8, 4) is 11.5 Å². The van der Waals surface area contributed by atoms with Crippen molar-refractivity contribution in [3.63, 3.8) is 0 Å². The Labute approximate surface area is 196 Å². The number of nitrogens with zero attached hydrogens (tertiary/aromatic N) is 1. The third kappa shape index (κ3) is 4.44. The number of hydrogen-bond acceptors (Lipinski definition) is 6. The maximum atomic E-state index is 13.8. The topological polar surface area (TPSA) is 77.1 Å². The summed E-state index contributed by atoms with van der Waals surface area (Å²) in [5.41, 5.74) is 1.84.